The van der Waals surface area contributed by atoms with E-state index in [0.29, 0.717) is 26.9 Å². The number of hydrogen-bond donors (Lipinski definition) is 1. The van der Waals surface area contributed by atoms with Crippen LogP contribution in [0.4, 0.5) is 8.78 Å². The van der Waals surface area contributed by atoms with Gasteiger partial charge in [0.2, 0.25) is 11.7 Å². The molecule has 1 amide bonds. The van der Waals surface area contributed by atoms with Gasteiger partial charge >= 0.3 is 5.92 Å². The number of primary amides is 1. The van der Waals surface area contributed by atoms with Crippen molar-refractivity contribution in [2.45, 2.75) is 26.2 Å². The zero-order valence-corrected chi connectivity index (χ0v) is 14.9. The summed E-state index contributed by atoms with van der Waals surface area (Å²) < 4.78 is 29.1. The number of nitrogens with two attached hydrogens (primary N) is 1. The molecule has 0 aliphatic carbocycles. The molecule has 2 N–H and O–H groups in total. The Labute approximate surface area is 149 Å². The summed E-state index contributed by atoms with van der Waals surface area (Å²) in [6.07, 6.45) is 1.49. The number of carbonyl (C=O) groups is 1. The molecule has 0 unspecified atom stereocenters. The monoisotopic (exact) mass is 410 g/mol. The lowest BCUT2D eigenvalue weighted by atomic mass is 10.2. The van der Waals surface area contributed by atoms with E-state index in [1.807, 2.05) is 0 Å². The van der Waals surface area contributed by atoms with E-state index in [4.69, 9.17) is 5.73 Å². The van der Waals surface area contributed by atoms with Gasteiger partial charge in [-0.3, -0.25) is 9.78 Å². The number of halogens is 3. The average Bonchev–Trinajstić information content (AvgIpc) is 2.82. The molecule has 0 radical (unpaired) electrons. The third-order valence-corrected chi connectivity index (χ3v) is 3.97. The summed E-state index contributed by atoms with van der Waals surface area (Å²) in [6.45, 7) is 2.33. The van der Waals surface area contributed by atoms with Crippen LogP contribution in [-0.4, -0.2) is 30.6 Å². The molecule has 0 atom stereocenters. The minimum Gasteiger partial charge on any atom is -0.369 e. The number of alkyl halides is 2. The highest BCUT2D eigenvalue weighted by Crippen LogP contribution is 2.28. The first kappa shape index (κ1) is 17.3. The van der Waals surface area contributed by atoms with Crippen LogP contribution in [0.1, 0.15) is 24.1 Å². The van der Waals surface area contributed by atoms with Gasteiger partial charge in [-0.2, -0.15) is 13.9 Å². The van der Waals surface area contributed by atoms with Crippen molar-refractivity contribution in [3.63, 3.8) is 0 Å². The smallest absolute Gasteiger partial charge is 0.303 e. The molecular weight excluding hydrogens is 398 g/mol. The number of hydrogen-bond acceptors (Lipinski definition) is 5. The molecule has 0 aliphatic rings. The van der Waals surface area contributed by atoms with Crippen LogP contribution >= 0.6 is 15.9 Å². The molecule has 3 aromatic rings. The lowest BCUT2D eigenvalue weighted by molar-refractivity contribution is -0.117. The summed E-state index contributed by atoms with van der Waals surface area (Å²) in [5, 5.41) is 4.93. The van der Waals surface area contributed by atoms with E-state index in [1.165, 1.54) is 10.9 Å². The third kappa shape index (κ3) is 3.48. The Morgan fingerprint density at radius 2 is 2.08 bits per heavy atom. The Bertz CT molecular complexity index is 982. The zero-order chi connectivity index (χ0) is 18.4. The molecule has 10 heteroatoms. The topological polar surface area (TPSA) is 99.6 Å². The van der Waals surface area contributed by atoms with Crippen LogP contribution in [0.25, 0.3) is 16.7 Å². The van der Waals surface area contributed by atoms with Crippen LogP contribution in [0.5, 0.6) is 0 Å². The van der Waals surface area contributed by atoms with Crippen molar-refractivity contribution in [3.05, 3.63) is 40.1 Å². The number of amides is 1. The van der Waals surface area contributed by atoms with Crippen LogP contribution < -0.4 is 5.73 Å². The Morgan fingerprint density at radius 1 is 1.36 bits per heavy atom. The molecule has 3 rings (SSSR count). The summed E-state index contributed by atoms with van der Waals surface area (Å²) in [5.74, 6) is -4.10. The van der Waals surface area contributed by atoms with Crippen LogP contribution in [0.2, 0.25) is 0 Å². The fourth-order valence-electron chi connectivity index (χ4n) is 2.32. The van der Waals surface area contributed by atoms with Gasteiger partial charge in [-0.05, 0) is 28.9 Å². The summed E-state index contributed by atoms with van der Waals surface area (Å²) in [5.41, 5.74) is 6.58. The van der Waals surface area contributed by atoms with E-state index < -0.39 is 17.7 Å². The van der Waals surface area contributed by atoms with Crippen LogP contribution in [-0.2, 0) is 17.1 Å². The van der Waals surface area contributed by atoms with Crippen LogP contribution in [0, 0.1) is 6.92 Å². The highest BCUT2D eigenvalue weighted by molar-refractivity contribution is 9.10. The Balaban J connectivity index is 2.21. The van der Waals surface area contributed by atoms with Crippen molar-refractivity contribution in [1.29, 1.82) is 0 Å². The van der Waals surface area contributed by atoms with Gasteiger partial charge in [-0.25, -0.2) is 14.6 Å². The standard InChI is InChI=1S/C15H13BrF2N6O/c1-7-3-12(22-14(21-7)15(2,17)18)24-10-4-8(5-11(19)25)20-6-9(10)13(16)23-24/h3-4,6H,5H2,1-2H3,(H2,19,25). The number of nitrogens with zero attached hydrogens (tertiary/aromatic N) is 5. The van der Waals surface area contributed by atoms with Gasteiger partial charge in [-0.1, -0.05) is 0 Å². The molecule has 0 bridgehead atoms. The molecule has 3 heterocycles. The predicted molar refractivity (Wildman–Crippen MR) is 89.4 cm³/mol. The van der Waals surface area contributed by atoms with Crippen molar-refractivity contribution in [1.82, 2.24) is 24.7 Å². The molecular formula is C15H13BrF2N6O. The van der Waals surface area contributed by atoms with E-state index in [2.05, 4.69) is 36.0 Å². The number of pyridine rings is 1. The van der Waals surface area contributed by atoms with Gasteiger partial charge in [0, 0.05) is 24.9 Å². The number of rotatable bonds is 4. The third-order valence-electron chi connectivity index (χ3n) is 3.38. The van der Waals surface area contributed by atoms with Crippen molar-refractivity contribution in [2.24, 2.45) is 5.73 Å². The highest BCUT2D eigenvalue weighted by atomic mass is 79.9. The highest BCUT2D eigenvalue weighted by Gasteiger charge is 2.29. The van der Waals surface area contributed by atoms with Crippen molar-refractivity contribution in [2.75, 3.05) is 0 Å². The maximum absolute atomic E-state index is 13.6. The van der Waals surface area contributed by atoms with E-state index >= 15 is 0 Å². The van der Waals surface area contributed by atoms with Gasteiger partial charge in [0.25, 0.3) is 0 Å². The maximum Gasteiger partial charge on any atom is 0.303 e. The lowest BCUT2D eigenvalue weighted by Crippen LogP contribution is -2.16. The SMILES string of the molecule is Cc1cc(-n2nc(Br)c3cnc(CC(N)=O)cc32)nc(C(C)(F)F)n1. The lowest BCUT2D eigenvalue weighted by Gasteiger charge is -2.11. The molecule has 7 nitrogen and oxygen atoms in total. The molecule has 0 spiro atoms. The summed E-state index contributed by atoms with van der Waals surface area (Å²) in [7, 11) is 0. The molecule has 0 saturated heterocycles. The van der Waals surface area contributed by atoms with Gasteiger partial charge in [0.1, 0.15) is 4.60 Å². The Hall–Kier alpha value is -2.49. The molecule has 130 valence electrons. The molecule has 0 saturated carbocycles. The Morgan fingerprint density at radius 3 is 2.72 bits per heavy atom. The van der Waals surface area contributed by atoms with Crippen LogP contribution in [0.15, 0.2) is 22.9 Å². The second-order valence-electron chi connectivity index (χ2n) is 5.62. The van der Waals surface area contributed by atoms with Gasteiger partial charge in [0.05, 0.1) is 23.0 Å². The molecule has 0 aliphatic heterocycles. The largest absolute Gasteiger partial charge is 0.369 e. The number of aromatic nitrogens is 5. The quantitative estimate of drug-likeness (QED) is 0.711. The first-order valence-corrected chi connectivity index (χ1v) is 8.00. The van der Waals surface area contributed by atoms with Crippen molar-refractivity contribution in [3.8, 4) is 5.82 Å². The van der Waals surface area contributed by atoms with Gasteiger partial charge in [-0.15, -0.1) is 0 Å². The Kier molecular flexibility index (Phi) is 4.23. The fraction of sp³-hybridized carbons (Fsp3) is 0.267. The normalized spacial score (nSPS) is 11.9. The summed E-state index contributed by atoms with van der Waals surface area (Å²) >= 11 is 3.31. The summed E-state index contributed by atoms with van der Waals surface area (Å²) in [6, 6.07) is 3.17. The zero-order valence-electron chi connectivity index (χ0n) is 13.3. The molecule has 0 fully saturated rings. The number of aryl methyl sites for hydroxylation is 1. The molecule has 25 heavy (non-hydrogen) atoms. The minimum absolute atomic E-state index is 0.0418. The fourth-order valence-corrected chi connectivity index (χ4v) is 2.79. The average molecular weight is 411 g/mol. The second-order valence-corrected chi connectivity index (χ2v) is 6.37. The second kappa shape index (κ2) is 6.10. The molecule has 3 aromatic heterocycles. The number of carbonyl (C=O) groups excluding carboxylic acids is 1. The van der Waals surface area contributed by atoms with E-state index in [1.54, 1.807) is 19.1 Å². The summed E-state index contributed by atoms with van der Waals surface area (Å²) in [4.78, 5) is 23.0. The first-order chi connectivity index (χ1) is 11.6. The minimum atomic E-state index is -3.18. The predicted octanol–water partition coefficient (Wildman–Crippen LogP) is 2.42. The van der Waals surface area contributed by atoms with Crippen molar-refractivity contribution < 1.29 is 13.6 Å². The van der Waals surface area contributed by atoms with Crippen molar-refractivity contribution >= 4 is 32.7 Å². The molecule has 0 aromatic carbocycles. The number of fused-ring (bicyclic) bond motifs is 1. The van der Waals surface area contributed by atoms with Gasteiger partial charge < -0.3 is 5.73 Å². The van der Waals surface area contributed by atoms with E-state index in [-0.39, 0.29) is 12.2 Å². The van der Waals surface area contributed by atoms with Gasteiger partial charge in [0.15, 0.2) is 5.82 Å². The first-order valence-electron chi connectivity index (χ1n) is 7.21. The maximum atomic E-state index is 13.6. The van der Waals surface area contributed by atoms with Crippen LogP contribution in [0.3, 0.4) is 0 Å². The van der Waals surface area contributed by atoms with E-state index in [9.17, 15) is 13.6 Å². The van der Waals surface area contributed by atoms with E-state index in [0.717, 1.165) is 6.92 Å².